The van der Waals surface area contributed by atoms with Crippen LogP contribution in [0.3, 0.4) is 0 Å². The molecule has 0 atom stereocenters. The van der Waals surface area contributed by atoms with Gasteiger partial charge in [-0.15, -0.1) is 0 Å². The van der Waals surface area contributed by atoms with Gasteiger partial charge in [0, 0.05) is 6.08 Å². The molecule has 0 aromatic heterocycles. The van der Waals surface area contributed by atoms with E-state index in [2.05, 4.69) is 24.3 Å². The van der Waals surface area contributed by atoms with Crippen LogP contribution in [0.4, 0.5) is 0 Å². The monoisotopic (exact) mass is 324 g/mol. The number of benzene rings is 2. The van der Waals surface area contributed by atoms with E-state index in [-0.39, 0.29) is 12.1 Å². The minimum absolute atomic E-state index is 0.111. The maximum atomic E-state index is 11.5. The molecule has 0 aliphatic carbocycles. The van der Waals surface area contributed by atoms with Gasteiger partial charge in [-0.05, 0) is 56.0 Å². The van der Waals surface area contributed by atoms with E-state index in [1.165, 1.54) is 17.2 Å². The number of carbonyl (C=O) groups is 1. The first-order valence-electron chi connectivity index (χ1n) is 8.16. The second-order valence-electron chi connectivity index (χ2n) is 6.07. The third-order valence-electron chi connectivity index (χ3n) is 3.36. The number of carbonyl (C=O) groups excluding carboxylic acids is 1. The average Bonchev–Trinajstić information content (AvgIpc) is 2.54. The van der Waals surface area contributed by atoms with E-state index < -0.39 is 0 Å². The summed E-state index contributed by atoms with van der Waals surface area (Å²) in [5.74, 6) is 0.459. The molecule has 0 unspecified atom stereocenters. The highest BCUT2D eigenvalue weighted by atomic mass is 16.5. The molecule has 0 spiro atoms. The van der Waals surface area contributed by atoms with Crippen molar-refractivity contribution in [2.75, 3.05) is 6.61 Å². The summed E-state index contributed by atoms with van der Waals surface area (Å²) in [6.07, 6.45) is 2.27. The van der Waals surface area contributed by atoms with E-state index in [1.54, 1.807) is 0 Å². The summed E-state index contributed by atoms with van der Waals surface area (Å²) in [6.45, 7) is 5.87. The Morgan fingerprint density at radius 3 is 2.25 bits per heavy atom. The highest BCUT2D eigenvalue weighted by molar-refractivity contribution is 5.82. The molecule has 126 valence electrons. The molecule has 0 N–H and O–H groups in total. The molecule has 0 saturated carbocycles. The Kier molecular flexibility index (Phi) is 6.62. The lowest BCUT2D eigenvalue weighted by molar-refractivity contribution is -0.141. The molecule has 24 heavy (non-hydrogen) atoms. The molecule has 0 radical (unpaired) electrons. The Morgan fingerprint density at radius 1 is 1.00 bits per heavy atom. The number of ether oxygens (including phenoxy) is 2. The smallest absolute Gasteiger partial charge is 0.331 e. The van der Waals surface area contributed by atoms with Gasteiger partial charge in [-0.1, -0.05) is 42.5 Å². The normalized spacial score (nSPS) is 11.4. The molecule has 0 bridgehead atoms. The van der Waals surface area contributed by atoms with Crippen LogP contribution in [0.5, 0.6) is 5.75 Å². The van der Waals surface area contributed by atoms with Crippen LogP contribution in [0.25, 0.3) is 0 Å². The van der Waals surface area contributed by atoms with Crippen LogP contribution < -0.4 is 4.74 Å². The van der Waals surface area contributed by atoms with E-state index in [4.69, 9.17) is 9.47 Å². The first-order chi connectivity index (χ1) is 11.5. The highest BCUT2D eigenvalue weighted by Gasteiger charge is 2.03. The van der Waals surface area contributed by atoms with Gasteiger partial charge in [-0.3, -0.25) is 0 Å². The van der Waals surface area contributed by atoms with Crippen molar-refractivity contribution < 1.29 is 14.3 Å². The van der Waals surface area contributed by atoms with Gasteiger partial charge in [0.05, 0.1) is 6.10 Å². The molecule has 3 nitrogen and oxygen atoms in total. The maximum absolute atomic E-state index is 11.5. The van der Waals surface area contributed by atoms with Gasteiger partial charge in [-0.25, -0.2) is 4.79 Å². The Balaban J connectivity index is 1.85. The van der Waals surface area contributed by atoms with E-state index >= 15 is 0 Å². The van der Waals surface area contributed by atoms with Crippen molar-refractivity contribution in [2.45, 2.75) is 33.3 Å². The number of hydrogen-bond donors (Lipinski definition) is 0. The lowest BCUT2D eigenvalue weighted by Gasteiger charge is -2.09. The Morgan fingerprint density at radius 2 is 1.62 bits per heavy atom. The van der Waals surface area contributed by atoms with Crippen LogP contribution >= 0.6 is 0 Å². The zero-order valence-corrected chi connectivity index (χ0v) is 14.5. The molecule has 0 saturated heterocycles. The third-order valence-corrected chi connectivity index (χ3v) is 3.36. The van der Waals surface area contributed by atoms with Crippen molar-refractivity contribution in [1.82, 2.24) is 0 Å². The minimum atomic E-state index is -0.329. The molecule has 0 fully saturated rings. The quantitative estimate of drug-likeness (QED) is 0.553. The van der Waals surface area contributed by atoms with E-state index in [1.807, 2.05) is 51.1 Å². The van der Waals surface area contributed by atoms with E-state index in [9.17, 15) is 4.79 Å². The summed E-state index contributed by atoms with van der Waals surface area (Å²) in [7, 11) is 0. The van der Waals surface area contributed by atoms with Crippen molar-refractivity contribution in [2.24, 2.45) is 0 Å². The Hall–Kier alpha value is -2.55. The average molecular weight is 324 g/mol. The van der Waals surface area contributed by atoms with E-state index in [0.29, 0.717) is 6.61 Å². The molecule has 2 aromatic rings. The zero-order valence-electron chi connectivity index (χ0n) is 14.5. The van der Waals surface area contributed by atoms with Gasteiger partial charge < -0.3 is 9.47 Å². The fourth-order valence-electron chi connectivity index (χ4n) is 2.24. The standard InChI is InChI=1S/C21H24O3/c1-16(2)24-21(22)13-17(3)15-23-20-11-9-19(10-12-20)14-18-7-5-4-6-8-18/h4-13,16H,14-15H2,1-3H3. The summed E-state index contributed by atoms with van der Waals surface area (Å²) in [5, 5.41) is 0. The van der Waals surface area contributed by atoms with Crippen molar-refractivity contribution >= 4 is 5.97 Å². The molecule has 0 aliphatic rings. The molecule has 2 aromatic carbocycles. The van der Waals surface area contributed by atoms with Crippen LogP contribution in [0, 0.1) is 0 Å². The topological polar surface area (TPSA) is 35.5 Å². The van der Waals surface area contributed by atoms with Crippen LogP contribution in [-0.2, 0) is 16.0 Å². The minimum Gasteiger partial charge on any atom is -0.489 e. The molecule has 3 heteroatoms. The Bertz CT molecular complexity index is 670. The maximum Gasteiger partial charge on any atom is 0.331 e. The lowest BCUT2D eigenvalue weighted by Crippen LogP contribution is -2.10. The fraction of sp³-hybridized carbons (Fsp3) is 0.286. The largest absolute Gasteiger partial charge is 0.489 e. The van der Waals surface area contributed by atoms with Crippen molar-refractivity contribution in [3.8, 4) is 5.75 Å². The molecule has 0 aliphatic heterocycles. The number of hydrogen-bond acceptors (Lipinski definition) is 3. The summed E-state index contributed by atoms with van der Waals surface area (Å²) in [6, 6.07) is 18.4. The SMILES string of the molecule is CC(=CC(=O)OC(C)C)COc1ccc(Cc2ccccc2)cc1. The van der Waals surface area contributed by atoms with Gasteiger partial charge >= 0.3 is 5.97 Å². The number of rotatable bonds is 7. The van der Waals surface area contributed by atoms with Gasteiger partial charge in [0.1, 0.15) is 12.4 Å². The van der Waals surface area contributed by atoms with Gasteiger partial charge in [0.25, 0.3) is 0 Å². The summed E-state index contributed by atoms with van der Waals surface area (Å²) in [4.78, 5) is 11.5. The van der Waals surface area contributed by atoms with Gasteiger partial charge in [0.15, 0.2) is 0 Å². The third kappa shape index (κ3) is 6.29. The summed E-state index contributed by atoms with van der Waals surface area (Å²) >= 11 is 0. The Labute approximate surface area is 143 Å². The second kappa shape index (κ2) is 8.92. The van der Waals surface area contributed by atoms with Gasteiger partial charge in [-0.2, -0.15) is 0 Å². The zero-order chi connectivity index (χ0) is 17.4. The van der Waals surface area contributed by atoms with Crippen molar-refractivity contribution in [3.05, 3.63) is 77.4 Å². The lowest BCUT2D eigenvalue weighted by atomic mass is 10.1. The van der Waals surface area contributed by atoms with E-state index in [0.717, 1.165) is 17.7 Å². The van der Waals surface area contributed by atoms with Crippen LogP contribution in [0.1, 0.15) is 31.9 Å². The highest BCUT2D eigenvalue weighted by Crippen LogP contribution is 2.16. The predicted octanol–water partition coefficient (Wildman–Crippen LogP) is 4.55. The summed E-state index contributed by atoms with van der Waals surface area (Å²) in [5.41, 5.74) is 3.35. The predicted molar refractivity (Wildman–Crippen MR) is 96.2 cm³/mol. The first kappa shape index (κ1) is 17.8. The molecule has 0 amide bonds. The van der Waals surface area contributed by atoms with Crippen LogP contribution in [-0.4, -0.2) is 18.7 Å². The summed E-state index contributed by atoms with van der Waals surface area (Å²) < 4.78 is 10.8. The van der Waals surface area contributed by atoms with Crippen LogP contribution in [0.2, 0.25) is 0 Å². The molecule has 0 heterocycles. The van der Waals surface area contributed by atoms with Crippen molar-refractivity contribution in [1.29, 1.82) is 0 Å². The molecular weight excluding hydrogens is 300 g/mol. The van der Waals surface area contributed by atoms with Crippen LogP contribution in [0.15, 0.2) is 66.2 Å². The number of esters is 1. The van der Waals surface area contributed by atoms with Crippen molar-refractivity contribution in [3.63, 3.8) is 0 Å². The first-order valence-corrected chi connectivity index (χ1v) is 8.16. The fourth-order valence-corrected chi connectivity index (χ4v) is 2.24. The molecule has 2 rings (SSSR count). The second-order valence-corrected chi connectivity index (χ2v) is 6.07. The van der Waals surface area contributed by atoms with Gasteiger partial charge in [0.2, 0.25) is 0 Å². The molecular formula is C21H24O3.